The molecule has 358 valence electrons. The third-order valence-corrected chi connectivity index (χ3v) is 11.5. The molecule has 0 unspecified atom stereocenters. The highest BCUT2D eigenvalue weighted by Gasteiger charge is 2.07. The molecule has 0 aliphatic carbocycles. The largest absolute Gasteiger partial charge is 0.465 e. The molecule has 8 heteroatoms. The van der Waals surface area contributed by atoms with Crippen molar-refractivity contribution in [3.63, 3.8) is 0 Å². The molecule has 0 aliphatic heterocycles. The van der Waals surface area contributed by atoms with Gasteiger partial charge >= 0.3 is 11.9 Å². The Bertz CT molecular complexity index is 981. The van der Waals surface area contributed by atoms with Crippen LogP contribution in [0.25, 0.3) is 0 Å². The Kier molecular flexibility index (Phi) is 49.6. The average molecular weight is 880 g/mol. The van der Waals surface area contributed by atoms with E-state index in [2.05, 4.69) is 67.0 Å². The van der Waals surface area contributed by atoms with Gasteiger partial charge in [0.25, 0.3) is 0 Å². The fraction of sp³-hybridized carbons (Fsp3) is 0.849. The molecule has 61 heavy (non-hydrogen) atoms. The number of ether oxygens (including phenoxy) is 3. The Morgan fingerprint density at radius 3 is 1.23 bits per heavy atom. The molecule has 0 aromatic carbocycles. The van der Waals surface area contributed by atoms with E-state index in [1.807, 2.05) is 0 Å². The third kappa shape index (κ3) is 47.6. The molecule has 0 saturated carbocycles. The average Bonchev–Trinajstić information content (AvgIpc) is 3.26. The summed E-state index contributed by atoms with van der Waals surface area (Å²) >= 11 is 6.12. The van der Waals surface area contributed by atoms with Gasteiger partial charge in [0, 0.05) is 44.9 Å². The van der Waals surface area contributed by atoms with E-state index in [9.17, 15) is 9.59 Å². The summed E-state index contributed by atoms with van der Waals surface area (Å²) in [5.41, 5.74) is 0. The highest BCUT2D eigenvalue weighted by atomic mass is 35.5. The number of carbonyl (C=O) groups excluding carboxylic acids is 2. The van der Waals surface area contributed by atoms with Crippen LogP contribution in [-0.4, -0.2) is 93.3 Å². The van der Waals surface area contributed by atoms with Gasteiger partial charge in [0.15, 0.2) is 0 Å². The number of carbonyl (C=O) groups is 2. The molecule has 0 rings (SSSR count). The van der Waals surface area contributed by atoms with Crippen molar-refractivity contribution in [2.24, 2.45) is 0 Å². The van der Waals surface area contributed by atoms with Gasteiger partial charge in [-0.3, -0.25) is 9.59 Å². The van der Waals surface area contributed by atoms with Gasteiger partial charge in [-0.05, 0) is 96.6 Å². The van der Waals surface area contributed by atoms with E-state index in [0.29, 0.717) is 45.1 Å². The van der Waals surface area contributed by atoms with Gasteiger partial charge in [-0.1, -0.05) is 160 Å². The molecule has 0 atom stereocenters. The molecule has 0 aliphatic rings. The second kappa shape index (κ2) is 51.0. The van der Waals surface area contributed by atoms with Crippen LogP contribution in [0.15, 0.2) is 36.5 Å². The van der Waals surface area contributed by atoms with E-state index in [4.69, 9.17) is 25.8 Å². The quantitative estimate of drug-likeness (QED) is 0.0261. The van der Waals surface area contributed by atoms with Gasteiger partial charge in [-0.2, -0.15) is 0 Å². The summed E-state index contributed by atoms with van der Waals surface area (Å²) in [6.45, 7) is 15.0. The Hall–Kier alpha value is -1.67. The zero-order valence-corrected chi connectivity index (χ0v) is 41.2. The highest BCUT2D eigenvalue weighted by molar-refractivity contribution is 6.18. The number of allylic oxidation sites excluding steroid dienone is 3. The monoisotopic (exact) mass is 879 g/mol. The molecular weight excluding hydrogens is 780 g/mol. The second-order valence-electron chi connectivity index (χ2n) is 17.1. The molecular formula is C53H99ClN2O5. The molecule has 0 aromatic heterocycles. The molecule has 0 heterocycles. The summed E-state index contributed by atoms with van der Waals surface area (Å²) in [7, 11) is 0. The Balaban J connectivity index is 3.83. The van der Waals surface area contributed by atoms with Crippen LogP contribution in [0.3, 0.4) is 0 Å². The number of alkyl halides is 1. The van der Waals surface area contributed by atoms with E-state index in [-0.39, 0.29) is 11.9 Å². The fourth-order valence-electron chi connectivity index (χ4n) is 7.42. The van der Waals surface area contributed by atoms with Crippen LogP contribution in [0.1, 0.15) is 220 Å². The number of hydrogen-bond donors (Lipinski definition) is 0. The number of nitrogens with zero attached hydrogens (tertiary/aromatic N) is 2. The first-order valence-corrected chi connectivity index (χ1v) is 26.4. The molecule has 0 spiro atoms. The smallest absolute Gasteiger partial charge is 0.305 e. The Morgan fingerprint density at radius 1 is 0.377 bits per heavy atom. The molecule has 0 fully saturated rings. The first-order valence-electron chi connectivity index (χ1n) is 25.9. The number of halogens is 1. The first-order chi connectivity index (χ1) is 30.1. The minimum Gasteiger partial charge on any atom is -0.465 e. The lowest BCUT2D eigenvalue weighted by atomic mass is 10.1. The van der Waals surface area contributed by atoms with E-state index in [0.717, 1.165) is 90.6 Å². The highest BCUT2D eigenvalue weighted by Crippen LogP contribution is 2.13. The summed E-state index contributed by atoms with van der Waals surface area (Å²) in [5.74, 6) is 0.557. The van der Waals surface area contributed by atoms with Crippen LogP contribution in [0, 0.1) is 0 Å². The van der Waals surface area contributed by atoms with Crippen molar-refractivity contribution in [3.8, 4) is 0 Å². The van der Waals surface area contributed by atoms with Crippen LogP contribution in [0.2, 0.25) is 0 Å². The van der Waals surface area contributed by atoms with Crippen molar-refractivity contribution >= 4 is 23.5 Å². The van der Waals surface area contributed by atoms with Gasteiger partial charge in [0.1, 0.15) is 6.61 Å². The normalized spacial score (nSPS) is 12.0. The van der Waals surface area contributed by atoms with Crippen molar-refractivity contribution < 1.29 is 23.8 Å². The predicted octanol–water partition coefficient (Wildman–Crippen LogP) is 14.8. The lowest BCUT2D eigenvalue weighted by Crippen LogP contribution is -2.30. The lowest BCUT2D eigenvalue weighted by molar-refractivity contribution is -0.145. The zero-order valence-electron chi connectivity index (χ0n) is 40.5. The topological polar surface area (TPSA) is 68.3 Å². The van der Waals surface area contributed by atoms with Crippen molar-refractivity contribution in [3.05, 3.63) is 36.5 Å². The summed E-state index contributed by atoms with van der Waals surface area (Å²) in [4.78, 5) is 29.2. The first kappa shape index (κ1) is 59.3. The van der Waals surface area contributed by atoms with Gasteiger partial charge in [-0.25, -0.2) is 0 Å². The summed E-state index contributed by atoms with van der Waals surface area (Å²) in [6.07, 6.45) is 49.3. The van der Waals surface area contributed by atoms with E-state index < -0.39 is 0 Å². The maximum absolute atomic E-state index is 12.3. The molecule has 0 amide bonds. The van der Waals surface area contributed by atoms with Gasteiger partial charge in [-0.15, -0.1) is 11.6 Å². The van der Waals surface area contributed by atoms with Crippen molar-refractivity contribution in [1.29, 1.82) is 0 Å². The number of esters is 2. The molecule has 0 aromatic rings. The van der Waals surface area contributed by atoms with E-state index in [1.165, 1.54) is 135 Å². The van der Waals surface area contributed by atoms with Crippen molar-refractivity contribution in [1.82, 2.24) is 9.80 Å². The predicted molar refractivity (Wildman–Crippen MR) is 264 cm³/mol. The second-order valence-corrected chi connectivity index (χ2v) is 17.5. The molecule has 0 bridgehead atoms. The number of unbranched alkanes of at least 4 members (excludes halogenated alkanes) is 21. The van der Waals surface area contributed by atoms with Crippen molar-refractivity contribution in [2.75, 3.05) is 71.6 Å². The standard InChI is InChI=1S/C53H99ClN2O5/c1-4-7-10-13-20-27-36-44-56(45-37-28-21-14-11-8-5-2)47-49-59-50-51-61-53(58)40-33-26-19-17-23-30-35-43-55(46-41-54)42-34-29-22-16-18-25-32-39-52(57)60-48-38-31-24-15-12-9-6-3/h20-21,24,27-28,31H,4-19,22-23,25-26,29-30,32-51H2,1-3H3/b27-20-,28-21-,31-24-. The summed E-state index contributed by atoms with van der Waals surface area (Å²) in [6, 6.07) is 0. The third-order valence-electron chi connectivity index (χ3n) is 11.3. The Labute approximate surface area is 383 Å². The van der Waals surface area contributed by atoms with E-state index in [1.54, 1.807) is 0 Å². The lowest BCUT2D eigenvalue weighted by Gasteiger charge is -2.21. The summed E-state index contributed by atoms with van der Waals surface area (Å²) in [5, 5.41) is 0. The minimum absolute atomic E-state index is 0.0438. The fourth-order valence-corrected chi connectivity index (χ4v) is 7.66. The molecule has 0 saturated heterocycles. The van der Waals surface area contributed by atoms with Gasteiger partial charge in [0.05, 0.1) is 19.8 Å². The van der Waals surface area contributed by atoms with Crippen LogP contribution in [0.4, 0.5) is 0 Å². The van der Waals surface area contributed by atoms with E-state index >= 15 is 0 Å². The number of rotatable bonds is 49. The molecule has 7 nitrogen and oxygen atoms in total. The van der Waals surface area contributed by atoms with Crippen LogP contribution in [0.5, 0.6) is 0 Å². The maximum Gasteiger partial charge on any atom is 0.305 e. The maximum atomic E-state index is 12.3. The van der Waals surface area contributed by atoms with Crippen LogP contribution in [-0.2, 0) is 23.8 Å². The van der Waals surface area contributed by atoms with Crippen molar-refractivity contribution in [2.45, 2.75) is 220 Å². The summed E-state index contributed by atoms with van der Waals surface area (Å²) < 4.78 is 16.7. The number of hydrogen-bond acceptors (Lipinski definition) is 7. The molecule has 0 N–H and O–H groups in total. The zero-order chi connectivity index (χ0) is 44.4. The van der Waals surface area contributed by atoms with Gasteiger partial charge < -0.3 is 24.0 Å². The van der Waals surface area contributed by atoms with Crippen LogP contribution >= 0.6 is 11.6 Å². The SMILES string of the molecule is CCCCC/C=C\CCOC(=O)CCCCCCCCCN(CCCl)CCCCCCCCCC(=O)OCCOCCN(CC/C=C\CCCCC)CC/C=C\CCCCC. The Morgan fingerprint density at radius 2 is 0.770 bits per heavy atom. The van der Waals surface area contributed by atoms with Crippen LogP contribution < -0.4 is 0 Å². The van der Waals surface area contributed by atoms with Gasteiger partial charge in [0.2, 0.25) is 0 Å². The minimum atomic E-state index is -0.0950. The molecule has 0 radical (unpaired) electrons.